The fourth-order valence-electron chi connectivity index (χ4n) is 3.16. The number of guanidine groups is 1. The zero-order valence-corrected chi connectivity index (χ0v) is 19.3. The average molecular weight is 507 g/mol. The van der Waals surface area contributed by atoms with Gasteiger partial charge in [-0.15, -0.1) is 24.0 Å². The second kappa shape index (κ2) is 10.9. The van der Waals surface area contributed by atoms with Crippen molar-refractivity contribution >= 4 is 29.9 Å². The maximum atomic E-state index is 13.7. The molecule has 29 heavy (non-hydrogen) atoms. The van der Waals surface area contributed by atoms with Crippen molar-refractivity contribution in [3.63, 3.8) is 0 Å². The maximum absolute atomic E-state index is 13.7. The molecule has 0 fully saturated rings. The maximum Gasteiger partial charge on any atom is 0.191 e. The molecule has 0 aliphatic carbocycles. The quantitative estimate of drug-likeness (QED) is 0.300. The largest absolute Gasteiger partial charge is 0.356 e. The molecule has 1 aromatic heterocycles. The number of rotatable bonds is 6. The molecular formula is C22H27FIN5. The number of aromatic nitrogens is 2. The van der Waals surface area contributed by atoms with Crippen LogP contribution in [0.4, 0.5) is 4.39 Å². The Hall–Kier alpha value is -2.42. The van der Waals surface area contributed by atoms with Crippen molar-refractivity contribution in [2.45, 2.75) is 26.8 Å². The number of nitrogens with one attached hydrogen (secondary N) is 2. The van der Waals surface area contributed by atoms with E-state index in [-0.39, 0.29) is 29.8 Å². The van der Waals surface area contributed by atoms with Gasteiger partial charge in [-0.2, -0.15) is 5.10 Å². The van der Waals surface area contributed by atoms with Crippen LogP contribution >= 0.6 is 24.0 Å². The lowest BCUT2D eigenvalue weighted by Gasteiger charge is -2.15. The Morgan fingerprint density at radius 2 is 1.72 bits per heavy atom. The molecule has 0 bridgehead atoms. The van der Waals surface area contributed by atoms with E-state index in [2.05, 4.69) is 38.9 Å². The minimum atomic E-state index is -0.175. The zero-order valence-electron chi connectivity index (χ0n) is 16.9. The highest BCUT2D eigenvalue weighted by Crippen LogP contribution is 2.16. The third kappa shape index (κ3) is 6.03. The molecule has 5 nitrogen and oxygen atoms in total. The van der Waals surface area contributed by atoms with Crippen molar-refractivity contribution in [1.29, 1.82) is 0 Å². The van der Waals surface area contributed by atoms with Gasteiger partial charge in [-0.3, -0.25) is 4.99 Å². The van der Waals surface area contributed by atoms with Crippen LogP contribution in [0.2, 0.25) is 0 Å². The van der Waals surface area contributed by atoms with Gasteiger partial charge < -0.3 is 10.6 Å². The Bertz CT molecular complexity index is 967. The molecule has 0 radical (unpaired) electrons. The van der Waals surface area contributed by atoms with Crippen molar-refractivity contribution in [2.24, 2.45) is 4.99 Å². The average Bonchev–Trinajstić information content (AvgIpc) is 3.04. The van der Waals surface area contributed by atoms with Crippen LogP contribution < -0.4 is 10.6 Å². The number of para-hydroxylation sites is 1. The molecule has 0 amide bonds. The van der Waals surface area contributed by atoms with Crippen molar-refractivity contribution in [3.8, 4) is 5.69 Å². The van der Waals surface area contributed by atoms with Crippen LogP contribution in [-0.2, 0) is 13.0 Å². The van der Waals surface area contributed by atoms with Crippen LogP contribution in [0.5, 0.6) is 0 Å². The fraction of sp³-hybridized carbons (Fsp3) is 0.273. The summed E-state index contributed by atoms with van der Waals surface area (Å²) in [6.07, 6.45) is 0.593. The monoisotopic (exact) mass is 507 g/mol. The normalized spacial score (nSPS) is 11.1. The first-order chi connectivity index (χ1) is 13.6. The van der Waals surface area contributed by atoms with Crippen LogP contribution in [-0.4, -0.2) is 29.3 Å². The molecule has 2 N–H and O–H groups in total. The molecule has 1 heterocycles. The lowest BCUT2D eigenvalue weighted by Crippen LogP contribution is -2.38. The second-order valence-corrected chi connectivity index (χ2v) is 6.66. The van der Waals surface area contributed by atoms with Gasteiger partial charge in [-0.1, -0.05) is 36.4 Å². The highest BCUT2D eigenvalue weighted by atomic mass is 127. The Kier molecular flexibility index (Phi) is 8.63. The van der Waals surface area contributed by atoms with E-state index in [1.165, 1.54) is 6.07 Å². The van der Waals surface area contributed by atoms with E-state index in [0.29, 0.717) is 31.0 Å². The van der Waals surface area contributed by atoms with E-state index in [1.54, 1.807) is 19.2 Å². The van der Waals surface area contributed by atoms with Crippen LogP contribution in [0.15, 0.2) is 59.6 Å². The summed E-state index contributed by atoms with van der Waals surface area (Å²) in [5.74, 6) is 0.505. The van der Waals surface area contributed by atoms with Gasteiger partial charge in [0.1, 0.15) is 5.82 Å². The van der Waals surface area contributed by atoms with Gasteiger partial charge in [-0.05, 0) is 49.6 Å². The zero-order chi connectivity index (χ0) is 19.9. The number of aliphatic imine (C=N–C) groups is 1. The summed E-state index contributed by atoms with van der Waals surface area (Å²) in [5.41, 5.74) is 4.94. The molecule has 3 aromatic rings. The smallest absolute Gasteiger partial charge is 0.191 e. The summed E-state index contributed by atoms with van der Waals surface area (Å²) in [4.78, 5) is 4.26. The van der Waals surface area contributed by atoms with Crippen molar-refractivity contribution in [3.05, 3.63) is 82.9 Å². The summed E-state index contributed by atoms with van der Waals surface area (Å²) < 4.78 is 15.7. The SMILES string of the molecule is CN=C(NCCc1ccccc1F)NCc1ccccc1-n1nc(C)cc1C.I. The van der Waals surface area contributed by atoms with E-state index >= 15 is 0 Å². The molecule has 154 valence electrons. The molecule has 0 aliphatic rings. The first kappa shape index (κ1) is 22.9. The molecule has 0 saturated heterocycles. The molecule has 2 aromatic carbocycles. The third-order valence-electron chi connectivity index (χ3n) is 4.54. The van der Waals surface area contributed by atoms with Gasteiger partial charge in [0.05, 0.1) is 11.4 Å². The molecule has 0 spiro atoms. The third-order valence-corrected chi connectivity index (χ3v) is 4.54. The number of aryl methyl sites for hydroxylation is 2. The Labute approximate surface area is 188 Å². The number of benzene rings is 2. The van der Waals surface area contributed by atoms with Crippen LogP contribution in [0.3, 0.4) is 0 Å². The molecule has 0 atom stereocenters. The van der Waals surface area contributed by atoms with Crippen LogP contribution in [0, 0.1) is 19.7 Å². The molecule has 7 heteroatoms. The number of nitrogens with zero attached hydrogens (tertiary/aromatic N) is 3. The number of halogens is 2. The summed E-state index contributed by atoms with van der Waals surface area (Å²) in [6, 6.07) is 17.1. The minimum absolute atomic E-state index is 0. The van der Waals surface area contributed by atoms with Crippen molar-refractivity contribution in [2.75, 3.05) is 13.6 Å². The first-order valence-electron chi connectivity index (χ1n) is 9.38. The van der Waals surface area contributed by atoms with E-state index in [4.69, 9.17) is 0 Å². The van der Waals surface area contributed by atoms with Crippen molar-refractivity contribution in [1.82, 2.24) is 20.4 Å². The number of hydrogen-bond donors (Lipinski definition) is 2. The van der Waals surface area contributed by atoms with E-state index in [0.717, 1.165) is 22.6 Å². The standard InChI is InChI=1S/C22H26FN5.HI/c1-16-14-17(2)28(27-16)21-11-7-5-9-19(21)15-26-22(24-3)25-13-12-18-8-4-6-10-20(18)23;/h4-11,14H,12-13,15H2,1-3H3,(H2,24,25,26);1H. The molecule has 0 unspecified atom stereocenters. The molecule has 0 aliphatic heterocycles. The van der Waals surface area contributed by atoms with Gasteiger partial charge in [0.15, 0.2) is 5.96 Å². The summed E-state index contributed by atoms with van der Waals surface area (Å²) in [5, 5.41) is 11.2. The molecule has 3 rings (SSSR count). The first-order valence-corrected chi connectivity index (χ1v) is 9.38. The lowest BCUT2D eigenvalue weighted by molar-refractivity contribution is 0.606. The van der Waals surface area contributed by atoms with Crippen LogP contribution in [0.25, 0.3) is 5.69 Å². The van der Waals surface area contributed by atoms with Gasteiger partial charge >= 0.3 is 0 Å². The fourth-order valence-corrected chi connectivity index (χ4v) is 3.16. The second-order valence-electron chi connectivity index (χ2n) is 6.66. The Balaban J connectivity index is 0.00000300. The van der Waals surface area contributed by atoms with Gasteiger partial charge in [0.2, 0.25) is 0 Å². The predicted octanol–water partition coefficient (Wildman–Crippen LogP) is 4.15. The minimum Gasteiger partial charge on any atom is -0.356 e. The van der Waals surface area contributed by atoms with E-state index in [9.17, 15) is 4.39 Å². The lowest BCUT2D eigenvalue weighted by atomic mass is 10.1. The molecular weight excluding hydrogens is 480 g/mol. The summed E-state index contributed by atoms with van der Waals surface area (Å²) in [7, 11) is 1.73. The predicted molar refractivity (Wildman–Crippen MR) is 127 cm³/mol. The van der Waals surface area contributed by atoms with Gasteiger partial charge in [0.25, 0.3) is 0 Å². The van der Waals surface area contributed by atoms with Crippen molar-refractivity contribution < 1.29 is 4.39 Å². The highest BCUT2D eigenvalue weighted by Gasteiger charge is 2.09. The molecule has 0 saturated carbocycles. The highest BCUT2D eigenvalue weighted by molar-refractivity contribution is 14.0. The van der Waals surface area contributed by atoms with E-state index < -0.39 is 0 Å². The Morgan fingerprint density at radius 1 is 1.03 bits per heavy atom. The summed E-state index contributed by atoms with van der Waals surface area (Å²) >= 11 is 0. The Morgan fingerprint density at radius 3 is 2.38 bits per heavy atom. The van der Waals surface area contributed by atoms with Crippen LogP contribution in [0.1, 0.15) is 22.5 Å². The number of hydrogen-bond acceptors (Lipinski definition) is 2. The van der Waals surface area contributed by atoms with E-state index in [1.807, 2.05) is 36.7 Å². The van der Waals surface area contributed by atoms with Gasteiger partial charge in [-0.25, -0.2) is 9.07 Å². The van der Waals surface area contributed by atoms with Gasteiger partial charge in [0, 0.05) is 25.8 Å². The summed E-state index contributed by atoms with van der Waals surface area (Å²) in [6.45, 7) is 5.24. The topological polar surface area (TPSA) is 54.2 Å².